The summed E-state index contributed by atoms with van der Waals surface area (Å²) in [5, 5.41) is 0. The zero-order valence-electron chi connectivity index (χ0n) is 18.5. The molecule has 3 fully saturated rings. The van der Waals surface area contributed by atoms with E-state index in [9.17, 15) is 9.18 Å². The molecule has 1 aromatic heterocycles. The number of benzene rings is 1. The van der Waals surface area contributed by atoms with Gasteiger partial charge in [0.2, 0.25) is 5.91 Å². The van der Waals surface area contributed by atoms with Crippen molar-refractivity contribution < 1.29 is 9.18 Å². The lowest BCUT2D eigenvalue weighted by atomic mass is 9.91. The van der Waals surface area contributed by atoms with Gasteiger partial charge in [-0.05, 0) is 37.1 Å². The largest absolute Gasteiger partial charge is 0.353 e. The van der Waals surface area contributed by atoms with Crippen LogP contribution in [0, 0.1) is 5.82 Å². The van der Waals surface area contributed by atoms with Gasteiger partial charge in [-0.15, -0.1) is 0 Å². The minimum atomic E-state index is -0.259. The molecule has 0 unspecified atom stereocenters. The molecule has 1 amide bonds. The Hall–Kier alpha value is -2.58. The number of carbonyl (C=O) groups is 1. The van der Waals surface area contributed by atoms with Crippen LogP contribution in [0.4, 0.5) is 10.2 Å². The molecular formula is C24H31FN6O. The number of anilines is 1. The molecule has 0 bridgehead atoms. The van der Waals surface area contributed by atoms with Crippen molar-refractivity contribution in [1.82, 2.24) is 24.7 Å². The summed E-state index contributed by atoms with van der Waals surface area (Å²) in [7, 11) is 0. The zero-order valence-corrected chi connectivity index (χ0v) is 18.5. The molecule has 170 valence electrons. The van der Waals surface area contributed by atoms with Crippen LogP contribution in [0.15, 0.2) is 36.7 Å². The summed E-state index contributed by atoms with van der Waals surface area (Å²) < 4.78 is 13.1. The van der Waals surface area contributed by atoms with Gasteiger partial charge in [-0.1, -0.05) is 6.42 Å². The molecule has 3 aliphatic rings. The topological polar surface area (TPSA) is 55.8 Å². The molecule has 1 aromatic carbocycles. The number of halogens is 1. The van der Waals surface area contributed by atoms with E-state index >= 15 is 0 Å². The highest BCUT2D eigenvalue weighted by Gasteiger charge is 2.30. The van der Waals surface area contributed by atoms with Crippen LogP contribution in [0.25, 0.3) is 11.3 Å². The predicted octanol–water partition coefficient (Wildman–Crippen LogP) is 2.10. The minimum Gasteiger partial charge on any atom is -0.353 e. The molecule has 1 aliphatic carbocycles. The summed E-state index contributed by atoms with van der Waals surface area (Å²) in [4.78, 5) is 30.9. The third-order valence-electron chi connectivity index (χ3n) is 7.09. The second kappa shape index (κ2) is 9.50. The van der Waals surface area contributed by atoms with E-state index in [4.69, 9.17) is 0 Å². The van der Waals surface area contributed by atoms with E-state index in [2.05, 4.69) is 24.7 Å². The molecule has 8 heteroatoms. The molecule has 32 heavy (non-hydrogen) atoms. The van der Waals surface area contributed by atoms with E-state index in [-0.39, 0.29) is 11.7 Å². The molecule has 3 heterocycles. The molecule has 2 saturated heterocycles. The van der Waals surface area contributed by atoms with Crippen LogP contribution in [-0.4, -0.2) is 95.5 Å². The number of rotatable bonds is 5. The SMILES string of the molecule is O=C(CN1CCN(c2cnc(-c3ccc(F)cc3)cn2)CC1)N1CCN(C2CCC2)CC1. The van der Waals surface area contributed by atoms with Crippen molar-refractivity contribution >= 4 is 11.7 Å². The van der Waals surface area contributed by atoms with Gasteiger partial charge < -0.3 is 9.80 Å². The number of amides is 1. The highest BCUT2D eigenvalue weighted by molar-refractivity contribution is 5.78. The lowest BCUT2D eigenvalue weighted by Crippen LogP contribution is -2.56. The van der Waals surface area contributed by atoms with E-state index in [0.29, 0.717) is 6.54 Å². The summed E-state index contributed by atoms with van der Waals surface area (Å²) >= 11 is 0. The molecule has 7 nitrogen and oxygen atoms in total. The Morgan fingerprint density at radius 3 is 2.22 bits per heavy atom. The van der Waals surface area contributed by atoms with E-state index in [1.54, 1.807) is 24.5 Å². The third-order valence-corrected chi connectivity index (χ3v) is 7.09. The average Bonchev–Trinajstić information content (AvgIpc) is 2.80. The van der Waals surface area contributed by atoms with Gasteiger partial charge >= 0.3 is 0 Å². The molecule has 0 N–H and O–H groups in total. The predicted molar refractivity (Wildman–Crippen MR) is 122 cm³/mol. The molecule has 0 spiro atoms. The van der Waals surface area contributed by atoms with Gasteiger partial charge in [0.1, 0.15) is 11.6 Å². The monoisotopic (exact) mass is 438 g/mol. The van der Waals surface area contributed by atoms with Crippen LogP contribution in [0.3, 0.4) is 0 Å². The smallest absolute Gasteiger partial charge is 0.236 e. The van der Waals surface area contributed by atoms with Crippen LogP contribution in [0.1, 0.15) is 19.3 Å². The third kappa shape index (κ3) is 4.76. The molecule has 1 saturated carbocycles. The van der Waals surface area contributed by atoms with E-state index in [0.717, 1.165) is 75.5 Å². The first-order chi connectivity index (χ1) is 15.7. The van der Waals surface area contributed by atoms with Crippen LogP contribution in [-0.2, 0) is 4.79 Å². The van der Waals surface area contributed by atoms with Gasteiger partial charge in [0.15, 0.2) is 0 Å². The van der Waals surface area contributed by atoms with Gasteiger partial charge in [0, 0.05) is 64.0 Å². The highest BCUT2D eigenvalue weighted by atomic mass is 19.1. The van der Waals surface area contributed by atoms with Crippen LogP contribution < -0.4 is 4.90 Å². The summed E-state index contributed by atoms with van der Waals surface area (Å²) in [6.07, 6.45) is 7.54. The Kier molecular flexibility index (Phi) is 6.32. The molecule has 2 aliphatic heterocycles. The maximum Gasteiger partial charge on any atom is 0.236 e. The minimum absolute atomic E-state index is 0.259. The van der Waals surface area contributed by atoms with Crippen molar-refractivity contribution in [3.63, 3.8) is 0 Å². The second-order valence-corrected chi connectivity index (χ2v) is 9.03. The number of piperazine rings is 2. The number of hydrogen-bond acceptors (Lipinski definition) is 6. The van der Waals surface area contributed by atoms with Gasteiger partial charge in [-0.25, -0.2) is 9.37 Å². The fraction of sp³-hybridized carbons (Fsp3) is 0.542. The summed E-state index contributed by atoms with van der Waals surface area (Å²) in [5.41, 5.74) is 1.58. The first kappa shape index (κ1) is 21.3. The lowest BCUT2D eigenvalue weighted by Gasteiger charge is -2.43. The summed E-state index contributed by atoms with van der Waals surface area (Å²) in [6.45, 7) is 7.63. The number of hydrogen-bond donors (Lipinski definition) is 0. The van der Waals surface area contributed by atoms with Crippen molar-refractivity contribution in [2.45, 2.75) is 25.3 Å². The Labute approximate surface area is 188 Å². The van der Waals surface area contributed by atoms with Crippen LogP contribution >= 0.6 is 0 Å². The van der Waals surface area contributed by atoms with Crippen molar-refractivity contribution in [3.05, 3.63) is 42.5 Å². The molecule has 5 rings (SSSR count). The molecule has 0 radical (unpaired) electrons. The second-order valence-electron chi connectivity index (χ2n) is 9.03. The standard InChI is InChI=1S/C24H31FN6O/c25-20-6-4-19(5-7-20)22-16-27-23(17-26-22)30-10-8-28(9-11-30)18-24(32)31-14-12-29(13-15-31)21-2-1-3-21/h4-7,16-17,21H,1-3,8-15,18H2. The zero-order chi connectivity index (χ0) is 21.9. The van der Waals surface area contributed by atoms with Crippen molar-refractivity contribution in [1.29, 1.82) is 0 Å². The summed E-state index contributed by atoms with van der Waals surface area (Å²) in [5.74, 6) is 0.842. The Balaban J connectivity index is 1.08. The van der Waals surface area contributed by atoms with Crippen molar-refractivity contribution in [2.24, 2.45) is 0 Å². The lowest BCUT2D eigenvalue weighted by molar-refractivity contribution is -0.134. The van der Waals surface area contributed by atoms with Gasteiger partial charge in [-0.2, -0.15) is 0 Å². The first-order valence-corrected chi connectivity index (χ1v) is 11.7. The van der Waals surface area contributed by atoms with Crippen LogP contribution in [0.2, 0.25) is 0 Å². The molecule has 2 aromatic rings. The normalized spacial score (nSPS) is 20.9. The Morgan fingerprint density at radius 1 is 0.906 bits per heavy atom. The fourth-order valence-corrected chi connectivity index (χ4v) is 4.77. The fourth-order valence-electron chi connectivity index (χ4n) is 4.77. The van der Waals surface area contributed by atoms with E-state index in [1.165, 1.54) is 31.4 Å². The Morgan fingerprint density at radius 2 is 1.62 bits per heavy atom. The highest BCUT2D eigenvalue weighted by Crippen LogP contribution is 2.25. The van der Waals surface area contributed by atoms with Gasteiger partial charge in [0.25, 0.3) is 0 Å². The van der Waals surface area contributed by atoms with E-state index in [1.807, 2.05) is 4.90 Å². The maximum atomic E-state index is 13.1. The number of nitrogens with zero attached hydrogens (tertiary/aromatic N) is 6. The van der Waals surface area contributed by atoms with Crippen LogP contribution in [0.5, 0.6) is 0 Å². The summed E-state index contributed by atoms with van der Waals surface area (Å²) in [6, 6.07) is 7.05. The van der Waals surface area contributed by atoms with E-state index < -0.39 is 0 Å². The average molecular weight is 439 g/mol. The quantitative estimate of drug-likeness (QED) is 0.713. The van der Waals surface area contributed by atoms with Gasteiger partial charge in [-0.3, -0.25) is 19.6 Å². The Bertz CT molecular complexity index is 901. The first-order valence-electron chi connectivity index (χ1n) is 11.7. The number of carbonyl (C=O) groups excluding carboxylic acids is 1. The van der Waals surface area contributed by atoms with Crippen molar-refractivity contribution in [3.8, 4) is 11.3 Å². The molecular weight excluding hydrogens is 407 g/mol. The number of aromatic nitrogens is 2. The molecule has 0 atom stereocenters. The maximum absolute atomic E-state index is 13.1. The van der Waals surface area contributed by atoms with Gasteiger partial charge in [0.05, 0.1) is 24.6 Å². The van der Waals surface area contributed by atoms with Crippen molar-refractivity contribution in [2.75, 3.05) is 63.8 Å².